The molecule has 17 heavy (non-hydrogen) atoms. The van der Waals surface area contributed by atoms with Gasteiger partial charge in [-0.05, 0) is 25.0 Å². The van der Waals surface area contributed by atoms with Crippen LogP contribution in [0, 0.1) is 0 Å². The molecule has 0 spiro atoms. The van der Waals surface area contributed by atoms with E-state index in [9.17, 15) is 9.90 Å². The molecule has 0 saturated heterocycles. The largest absolute Gasteiger partial charge is 0.480 e. The summed E-state index contributed by atoms with van der Waals surface area (Å²) in [5, 5.41) is 21.3. The highest BCUT2D eigenvalue weighted by atomic mass is 16.4. The minimum absolute atomic E-state index is 0.150. The number of nitrogens with two attached hydrogens (primary N) is 1. The van der Waals surface area contributed by atoms with Crippen LogP contribution in [-0.4, -0.2) is 34.9 Å². The van der Waals surface area contributed by atoms with E-state index < -0.39 is 18.1 Å². The van der Waals surface area contributed by atoms with E-state index in [1.165, 1.54) is 0 Å². The second-order valence-electron chi connectivity index (χ2n) is 3.87. The van der Waals surface area contributed by atoms with Crippen molar-refractivity contribution in [2.24, 2.45) is 5.73 Å². The Morgan fingerprint density at radius 2 is 1.94 bits per heavy atom. The molecule has 0 radical (unpaired) electrons. The molecular weight excluding hydrogens is 220 g/mol. The SMILES string of the molecule is NC[C@H](O)CC[C@H](Nc1ccccc1)C(=O)O. The third-order valence-corrected chi connectivity index (χ3v) is 2.47. The summed E-state index contributed by atoms with van der Waals surface area (Å²) in [7, 11) is 0. The number of carboxylic acid groups (broad SMARTS) is 1. The lowest BCUT2D eigenvalue weighted by Crippen LogP contribution is -2.31. The zero-order valence-electron chi connectivity index (χ0n) is 9.54. The quantitative estimate of drug-likeness (QED) is 0.559. The summed E-state index contributed by atoms with van der Waals surface area (Å²) in [6.07, 6.45) is 0.0602. The van der Waals surface area contributed by atoms with E-state index in [0.717, 1.165) is 5.69 Å². The summed E-state index contributed by atoms with van der Waals surface area (Å²) in [5.74, 6) is -0.932. The van der Waals surface area contributed by atoms with Crippen molar-refractivity contribution in [3.8, 4) is 0 Å². The Labute approximate surface area is 100 Å². The lowest BCUT2D eigenvalue weighted by atomic mass is 10.1. The maximum atomic E-state index is 11.0. The summed E-state index contributed by atoms with van der Waals surface area (Å²) in [6.45, 7) is 0.150. The summed E-state index contributed by atoms with van der Waals surface area (Å²) in [5.41, 5.74) is 6.02. The molecule has 5 N–H and O–H groups in total. The summed E-state index contributed by atoms with van der Waals surface area (Å²) < 4.78 is 0. The van der Waals surface area contributed by atoms with Gasteiger partial charge in [-0.15, -0.1) is 0 Å². The van der Waals surface area contributed by atoms with Crippen molar-refractivity contribution in [3.63, 3.8) is 0 Å². The fourth-order valence-electron chi connectivity index (χ4n) is 1.47. The number of carboxylic acids is 1. The highest BCUT2D eigenvalue weighted by Crippen LogP contribution is 2.11. The smallest absolute Gasteiger partial charge is 0.326 e. The van der Waals surface area contributed by atoms with Gasteiger partial charge in [-0.3, -0.25) is 0 Å². The number of aliphatic hydroxyl groups excluding tert-OH is 1. The van der Waals surface area contributed by atoms with Gasteiger partial charge in [0.1, 0.15) is 6.04 Å². The Balaban J connectivity index is 2.52. The van der Waals surface area contributed by atoms with Crippen LogP contribution in [0.2, 0.25) is 0 Å². The van der Waals surface area contributed by atoms with Gasteiger partial charge in [-0.2, -0.15) is 0 Å². The molecule has 1 rings (SSSR count). The number of anilines is 1. The topological polar surface area (TPSA) is 95.6 Å². The first-order valence-corrected chi connectivity index (χ1v) is 5.56. The number of hydrogen-bond donors (Lipinski definition) is 4. The van der Waals surface area contributed by atoms with Gasteiger partial charge in [0, 0.05) is 12.2 Å². The molecule has 0 saturated carbocycles. The molecule has 0 unspecified atom stereocenters. The third kappa shape index (κ3) is 4.84. The van der Waals surface area contributed by atoms with Crippen LogP contribution in [-0.2, 0) is 4.79 Å². The van der Waals surface area contributed by atoms with Crippen molar-refractivity contribution in [2.75, 3.05) is 11.9 Å². The Morgan fingerprint density at radius 3 is 2.47 bits per heavy atom. The van der Waals surface area contributed by atoms with Crippen LogP contribution >= 0.6 is 0 Å². The average Bonchev–Trinajstić information content (AvgIpc) is 2.34. The fourth-order valence-corrected chi connectivity index (χ4v) is 1.47. The summed E-state index contributed by atoms with van der Waals surface area (Å²) in [4.78, 5) is 11.0. The average molecular weight is 238 g/mol. The first kappa shape index (κ1) is 13.5. The normalized spacial score (nSPS) is 14.0. The molecule has 0 aliphatic carbocycles. The number of nitrogens with one attached hydrogen (secondary N) is 1. The summed E-state index contributed by atoms with van der Waals surface area (Å²) in [6, 6.07) is 8.41. The van der Waals surface area contributed by atoms with Crippen LogP contribution < -0.4 is 11.1 Å². The monoisotopic (exact) mass is 238 g/mol. The number of para-hydroxylation sites is 1. The number of aliphatic hydroxyl groups is 1. The Bertz CT molecular complexity index is 343. The molecule has 0 aromatic heterocycles. The van der Waals surface area contributed by atoms with E-state index >= 15 is 0 Å². The van der Waals surface area contributed by atoms with Gasteiger partial charge in [0.2, 0.25) is 0 Å². The number of aliphatic carboxylic acids is 1. The third-order valence-electron chi connectivity index (χ3n) is 2.47. The van der Waals surface area contributed by atoms with Crippen molar-refractivity contribution < 1.29 is 15.0 Å². The fraction of sp³-hybridized carbons (Fsp3) is 0.417. The minimum Gasteiger partial charge on any atom is -0.480 e. The first-order chi connectivity index (χ1) is 8.13. The Kier molecular flexibility index (Phi) is 5.45. The second-order valence-corrected chi connectivity index (χ2v) is 3.87. The molecule has 0 aliphatic heterocycles. The molecule has 0 fully saturated rings. The predicted octanol–water partition coefficient (Wildman–Crippen LogP) is 0.651. The van der Waals surface area contributed by atoms with Gasteiger partial charge in [0.05, 0.1) is 6.10 Å². The van der Waals surface area contributed by atoms with Crippen LogP contribution in [0.3, 0.4) is 0 Å². The van der Waals surface area contributed by atoms with Crippen molar-refractivity contribution >= 4 is 11.7 Å². The van der Waals surface area contributed by atoms with Gasteiger partial charge < -0.3 is 21.3 Å². The van der Waals surface area contributed by atoms with Gasteiger partial charge in [0.25, 0.3) is 0 Å². The van der Waals surface area contributed by atoms with E-state index in [1.807, 2.05) is 18.2 Å². The maximum absolute atomic E-state index is 11.0. The van der Waals surface area contributed by atoms with Crippen LogP contribution in [0.5, 0.6) is 0 Å². The second kappa shape index (κ2) is 6.88. The van der Waals surface area contributed by atoms with Crippen molar-refractivity contribution in [3.05, 3.63) is 30.3 Å². The molecule has 0 bridgehead atoms. The van der Waals surface area contributed by atoms with Crippen LogP contribution in [0.4, 0.5) is 5.69 Å². The van der Waals surface area contributed by atoms with E-state index in [-0.39, 0.29) is 6.54 Å². The number of carbonyl (C=O) groups is 1. The Hall–Kier alpha value is -1.59. The predicted molar refractivity (Wildman–Crippen MR) is 65.8 cm³/mol. The zero-order valence-corrected chi connectivity index (χ0v) is 9.54. The van der Waals surface area contributed by atoms with Gasteiger partial charge in [0.15, 0.2) is 0 Å². The Morgan fingerprint density at radius 1 is 1.29 bits per heavy atom. The highest BCUT2D eigenvalue weighted by Gasteiger charge is 2.18. The van der Waals surface area contributed by atoms with Crippen molar-refractivity contribution in [1.29, 1.82) is 0 Å². The molecule has 1 aromatic carbocycles. The van der Waals surface area contributed by atoms with E-state index in [4.69, 9.17) is 10.8 Å². The molecule has 94 valence electrons. The molecule has 5 nitrogen and oxygen atoms in total. The summed E-state index contributed by atoms with van der Waals surface area (Å²) >= 11 is 0. The molecule has 0 heterocycles. The number of hydrogen-bond acceptors (Lipinski definition) is 4. The molecule has 0 aliphatic rings. The van der Waals surface area contributed by atoms with E-state index in [1.54, 1.807) is 12.1 Å². The zero-order chi connectivity index (χ0) is 12.7. The molecule has 1 aromatic rings. The molecule has 2 atom stereocenters. The van der Waals surface area contributed by atoms with Crippen LogP contribution in [0.1, 0.15) is 12.8 Å². The van der Waals surface area contributed by atoms with E-state index in [2.05, 4.69) is 5.32 Å². The first-order valence-electron chi connectivity index (χ1n) is 5.56. The minimum atomic E-state index is -0.932. The van der Waals surface area contributed by atoms with Crippen molar-refractivity contribution in [2.45, 2.75) is 25.0 Å². The van der Waals surface area contributed by atoms with Gasteiger partial charge >= 0.3 is 5.97 Å². The highest BCUT2D eigenvalue weighted by molar-refractivity contribution is 5.77. The maximum Gasteiger partial charge on any atom is 0.326 e. The van der Waals surface area contributed by atoms with Crippen LogP contribution in [0.25, 0.3) is 0 Å². The number of rotatable bonds is 7. The molecular formula is C12H18N2O3. The standard InChI is InChI=1S/C12H18N2O3/c13-8-10(15)6-7-11(12(16)17)14-9-4-2-1-3-5-9/h1-5,10-11,14-15H,6-8,13H2,(H,16,17)/t10-,11+/m1/s1. The lowest BCUT2D eigenvalue weighted by molar-refractivity contribution is -0.138. The van der Waals surface area contributed by atoms with Gasteiger partial charge in [-0.25, -0.2) is 4.79 Å². The number of benzene rings is 1. The van der Waals surface area contributed by atoms with Crippen LogP contribution in [0.15, 0.2) is 30.3 Å². The molecule has 5 heteroatoms. The van der Waals surface area contributed by atoms with Crippen molar-refractivity contribution in [1.82, 2.24) is 0 Å². The van der Waals surface area contributed by atoms with Gasteiger partial charge in [-0.1, -0.05) is 18.2 Å². The lowest BCUT2D eigenvalue weighted by Gasteiger charge is -2.17. The van der Waals surface area contributed by atoms with E-state index in [0.29, 0.717) is 12.8 Å². The molecule has 0 amide bonds.